The average Bonchev–Trinajstić information content (AvgIpc) is 2.89. The van der Waals surface area contributed by atoms with Gasteiger partial charge in [0.1, 0.15) is 36.8 Å². The van der Waals surface area contributed by atoms with Crippen molar-refractivity contribution in [1.82, 2.24) is 0 Å². The molecule has 1 rings (SSSR count). The average molecular weight is 599 g/mol. The molecular formula is C27H50O12S. The molecule has 0 aromatic heterocycles. The Labute approximate surface area is 238 Å². The summed E-state index contributed by atoms with van der Waals surface area (Å²) >= 11 is 0. The van der Waals surface area contributed by atoms with Gasteiger partial charge in [-0.05, 0) is 12.8 Å². The van der Waals surface area contributed by atoms with Crippen molar-refractivity contribution in [2.24, 2.45) is 0 Å². The summed E-state index contributed by atoms with van der Waals surface area (Å²) in [6.45, 7) is 3.53. The van der Waals surface area contributed by atoms with Crippen molar-refractivity contribution >= 4 is 22.1 Å². The van der Waals surface area contributed by atoms with Crippen LogP contribution < -0.4 is 0 Å². The SMILES string of the molecule is CCCCCCCCC(=O)OC[C@H](CO[C@@H]1O[C@H](CS(=O)(=O)O)[C@@H](O)[C@H](O)[C@H]1O)OC(=O)CCCCCCCC. The maximum absolute atomic E-state index is 12.4. The molecule has 1 aliphatic heterocycles. The van der Waals surface area contributed by atoms with Gasteiger partial charge in [-0.2, -0.15) is 8.42 Å². The second-order valence-electron chi connectivity index (χ2n) is 10.4. The molecule has 0 bridgehead atoms. The number of ether oxygens (including phenoxy) is 4. The quantitative estimate of drug-likeness (QED) is 0.0812. The summed E-state index contributed by atoms with van der Waals surface area (Å²) in [5.41, 5.74) is 0. The Hall–Kier alpha value is -1.35. The Balaban J connectivity index is 2.67. The highest BCUT2D eigenvalue weighted by atomic mass is 32.2. The molecule has 4 N–H and O–H groups in total. The molecule has 0 aliphatic carbocycles. The minimum absolute atomic E-state index is 0.165. The first-order valence-electron chi connectivity index (χ1n) is 14.6. The smallest absolute Gasteiger partial charge is 0.306 e. The van der Waals surface area contributed by atoms with Gasteiger partial charge in [0.05, 0.1) is 6.61 Å². The molecule has 1 heterocycles. The van der Waals surface area contributed by atoms with E-state index in [9.17, 15) is 33.3 Å². The van der Waals surface area contributed by atoms with E-state index < -0.39 is 71.2 Å². The maximum atomic E-state index is 12.4. The van der Waals surface area contributed by atoms with Crippen LogP contribution >= 0.6 is 0 Å². The van der Waals surface area contributed by atoms with Gasteiger partial charge in [-0.15, -0.1) is 0 Å². The van der Waals surface area contributed by atoms with E-state index in [4.69, 9.17) is 23.5 Å². The van der Waals surface area contributed by atoms with Crippen LogP contribution in [-0.4, -0.2) is 96.0 Å². The van der Waals surface area contributed by atoms with Crippen LogP contribution in [0.15, 0.2) is 0 Å². The Morgan fingerprint density at radius 1 is 0.750 bits per heavy atom. The van der Waals surface area contributed by atoms with Gasteiger partial charge in [-0.1, -0.05) is 78.1 Å². The minimum Gasteiger partial charge on any atom is -0.462 e. The summed E-state index contributed by atoms with van der Waals surface area (Å²) in [6.07, 6.45) is 2.66. The van der Waals surface area contributed by atoms with Crippen LogP contribution in [0.2, 0.25) is 0 Å². The van der Waals surface area contributed by atoms with E-state index in [0.29, 0.717) is 12.8 Å². The Morgan fingerprint density at radius 3 is 1.82 bits per heavy atom. The minimum atomic E-state index is -4.58. The van der Waals surface area contributed by atoms with Crippen molar-refractivity contribution < 1.29 is 56.8 Å². The zero-order chi connectivity index (χ0) is 30.0. The summed E-state index contributed by atoms with van der Waals surface area (Å²) < 4.78 is 53.1. The highest BCUT2D eigenvalue weighted by Gasteiger charge is 2.46. The monoisotopic (exact) mass is 598 g/mol. The van der Waals surface area contributed by atoms with Crippen LogP contribution in [0.1, 0.15) is 104 Å². The van der Waals surface area contributed by atoms with E-state index in [1.807, 2.05) is 0 Å². The van der Waals surface area contributed by atoms with Crippen LogP contribution in [0.3, 0.4) is 0 Å². The lowest BCUT2D eigenvalue weighted by Crippen LogP contribution is -2.60. The number of aliphatic hydroxyl groups is 3. The first kappa shape index (κ1) is 36.7. The lowest BCUT2D eigenvalue weighted by Gasteiger charge is -2.40. The molecule has 0 unspecified atom stereocenters. The molecule has 1 saturated heterocycles. The van der Waals surface area contributed by atoms with Gasteiger partial charge in [0.2, 0.25) is 0 Å². The molecule has 12 nitrogen and oxygen atoms in total. The highest BCUT2D eigenvalue weighted by Crippen LogP contribution is 2.23. The third-order valence-electron chi connectivity index (χ3n) is 6.69. The number of esters is 2. The van der Waals surface area contributed by atoms with Crippen molar-refractivity contribution in [3.63, 3.8) is 0 Å². The van der Waals surface area contributed by atoms with Gasteiger partial charge >= 0.3 is 11.9 Å². The van der Waals surface area contributed by atoms with Crippen molar-refractivity contribution in [3.05, 3.63) is 0 Å². The van der Waals surface area contributed by atoms with Crippen LogP contribution in [0, 0.1) is 0 Å². The first-order valence-corrected chi connectivity index (χ1v) is 16.2. The predicted octanol–water partition coefficient (Wildman–Crippen LogP) is 2.65. The number of hydrogen-bond donors (Lipinski definition) is 4. The summed E-state index contributed by atoms with van der Waals surface area (Å²) in [6, 6.07) is 0. The van der Waals surface area contributed by atoms with Crippen molar-refractivity contribution in [1.29, 1.82) is 0 Å². The van der Waals surface area contributed by atoms with Gasteiger partial charge in [0.15, 0.2) is 12.4 Å². The zero-order valence-electron chi connectivity index (χ0n) is 23.9. The molecule has 0 radical (unpaired) electrons. The molecule has 0 aromatic rings. The molecule has 0 amide bonds. The van der Waals surface area contributed by atoms with Crippen LogP contribution in [0.4, 0.5) is 0 Å². The summed E-state index contributed by atoms with van der Waals surface area (Å²) in [4.78, 5) is 24.7. The van der Waals surface area contributed by atoms with Crippen molar-refractivity contribution in [3.8, 4) is 0 Å². The Kier molecular flexibility index (Phi) is 18.8. The van der Waals surface area contributed by atoms with E-state index in [1.165, 1.54) is 0 Å². The van der Waals surface area contributed by atoms with Gasteiger partial charge in [-0.3, -0.25) is 14.1 Å². The number of aliphatic hydroxyl groups excluding tert-OH is 3. The highest BCUT2D eigenvalue weighted by molar-refractivity contribution is 7.85. The van der Waals surface area contributed by atoms with Crippen LogP contribution in [0.25, 0.3) is 0 Å². The molecular weight excluding hydrogens is 548 g/mol. The summed E-state index contributed by atoms with van der Waals surface area (Å²) in [5, 5.41) is 30.4. The molecule has 1 fully saturated rings. The third-order valence-corrected chi connectivity index (χ3v) is 7.44. The van der Waals surface area contributed by atoms with Crippen LogP contribution in [-0.2, 0) is 38.7 Å². The van der Waals surface area contributed by atoms with E-state index >= 15 is 0 Å². The number of carbonyl (C=O) groups excluding carboxylic acids is 2. The fourth-order valence-electron chi connectivity index (χ4n) is 4.32. The molecule has 236 valence electrons. The van der Waals surface area contributed by atoms with E-state index in [2.05, 4.69) is 13.8 Å². The second-order valence-corrected chi connectivity index (χ2v) is 11.9. The lowest BCUT2D eigenvalue weighted by atomic mass is 10.00. The lowest BCUT2D eigenvalue weighted by molar-refractivity contribution is -0.297. The Morgan fingerprint density at radius 2 is 1.27 bits per heavy atom. The van der Waals surface area contributed by atoms with Crippen molar-refractivity contribution in [2.75, 3.05) is 19.0 Å². The predicted molar refractivity (Wildman–Crippen MR) is 146 cm³/mol. The third kappa shape index (κ3) is 16.2. The van der Waals surface area contributed by atoms with Gasteiger partial charge in [0, 0.05) is 12.8 Å². The second kappa shape index (κ2) is 20.5. The topological polar surface area (TPSA) is 186 Å². The molecule has 13 heteroatoms. The van der Waals surface area contributed by atoms with Gasteiger partial charge < -0.3 is 34.3 Å². The fraction of sp³-hybridized carbons (Fsp3) is 0.926. The Bertz CT molecular complexity index is 805. The van der Waals surface area contributed by atoms with Crippen molar-refractivity contribution in [2.45, 2.75) is 141 Å². The number of unbranched alkanes of at least 4 members (excludes halogenated alkanes) is 10. The fourth-order valence-corrected chi connectivity index (χ4v) is 5.01. The maximum Gasteiger partial charge on any atom is 0.306 e. The number of rotatable bonds is 22. The standard InChI is InChI=1S/C27H50O12S/c1-3-5-7-9-11-13-15-22(28)36-17-20(38-23(29)16-14-12-10-8-6-4-2)18-37-27-26(32)25(31)24(30)21(39-27)19-40(33,34)35/h20-21,24-27,30-32H,3-19H2,1-2H3,(H,33,34,35)/t20-,21-,24-,25+,26-,27-/m1/s1. The first-order chi connectivity index (χ1) is 19.0. The molecule has 1 aliphatic rings. The molecule has 0 aromatic carbocycles. The zero-order valence-corrected chi connectivity index (χ0v) is 24.8. The molecule has 6 atom stereocenters. The van der Waals surface area contributed by atoms with E-state index in [0.717, 1.165) is 64.2 Å². The number of hydrogen-bond acceptors (Lipinski definition) is 11. The van der Waals surface area contributed by atoms with Crippen LogP contribution in [0.5, 0.6) is 0 Å². The van der Waals surface area contributed by atoms with Gasteiger partial charge in [0.25, 0.3) is 10.1 Å². The molecule has 0 spiro atoms. The van der Waals surface area contributed by atoms with Gasteiger partial charge in [-0.25, -0.2) is 0 Å². The van der Waals surface area contributed by atoms with E-state index in [1.54, 1.807) is 0 Å². The van der Waals surface area contributed by atoms with E-state index in [-0.39, 0.29) is 19.4 Å². The normalized spacial score (nSPS) is 24.0. The molecule has 40 heavy (non-hydrogen) atoms. The number of carbonyl (C=O) groups is 2. The summed E-state index contributed by atoms with van der Waals surface area (Å²) in [7, 11) is -4.58. The molecule has 0 saturated carbocycles. The summed E-state index contributed by atoms with van der Waals surface area (Å²) in [5.74, 6) is -2.00. The largest absolute Gasteiger partial charge is 0.462 e.